The Labute approximate surface area is 84.0 Å². The lowest BCUT2D eigenvalue weighted by molar-refractivity contribution is 0.413. The molecule has 0 aromatic heterocycles. The SMILES string of the molecule is COc1cccc(C(N)C2(N)CC2)c1. The Hall–Kier alpha value is -1.06. The molecule has 1 unspecified atom stereocenters. The predicted molar refractivity (Wildman–Crippen MR) is 56.1 cm³/mol. The van der Waals surface area contributed by atoms with E-state index in [0.29, 0.717) is 0 Å². The summed E-state index contributed by atoms with van der Waals surface area (Å²) in [4.78, 5) is 0. The van der Waals surface area contributed by atoms with E-state index in [2.05, 4.69) is 0 Å². The first-order valence-electron chi connectivity index (χ1n) is 4.84. The Bertz CT molecular complexity index is 334. The summed E-state index contributed by atoms with van der Waals surface area (Å²) in [5.74, 6) is 0.835. The highest BCUT2D eigenvalue weighted by Crippen LogP contribution is 2.42. The lowest BCUT2D eigenvalue weighted by Crippen LogP contribution is -2.36. The van der Waals surface area contributed by atoms with Gasteiger partial charge in [-0.15, -0.1) is 0 Å². The van der Waals surface area contributed by atoms with Gasteiger partial charge in [0, 0.05) is 11.6 Å². The third-order valence-corrected chi connectivity index (χ3v) is 2.90. The third kappa shape index (κ3) is 1.61. The van der Waals surface area contributed by atoms with E-state index in [-0.39, 0.29) is 11.6 Å². The van der Waals surface area contributed by atoms with E-state index < -0.39 is 0 Å². The molecule has 0 amide bonds. The number of rotatable bonds is 3. The standard InChI is InChI=1S/C11H16N2O/c1-14-9-4-2-3-8(7-9)10(12)11(13)5-6-11/h2-4,7,10H,5-6,12-13H2,1H3. The fourth-order valence-corrected chi connectivity index (χ4v) is 1.62. The van der Waals surface area contributed by atoms with Gasteiger partial charge in [-0.1, -0.05) is 12.1 Å². The summed E-state index contributed by atoms with van der Waals surface area (Å²) in [7, 11) is 1.65. The van der Waals surface area contributed by atoms with E-state index in [1.165, 1.54) is 0 Å². The van der Waals surface area contributed by atoms with E-state index in [0.717, 1.165) is 24.2 Å². The van der Waals surface area contributed by atoms with Crippen LogP contribution in [0.1, 0.15) is 24.4 Å². The first-order chi connectivity index (χ1) is 6.65. The Kier molecular flexibility index (Phi) is 2.21. The van der Waals surface area contributed by atoms with Gasteiger partial charge in [-0.3, -0.25) is 0 Å². The van der Waals surface area contributed by atoms with Gasteiger partial charge in [0.15, 0.2) is 0 Å². The van der Waals surface area contributed by atoms with Crippen molar-refractivity contribution in [3.05, 3.63) is 29.8 Å². The molecule has 1 saturated carbocycles. The maximum atomic E-state index is 6.08. The molecule has 76 valence electrons. The maximum absolute atomic E-state index is 6.08. The molecule has 1 fully saturated rings. The summed E-state index contributed by atoms with van der Waals surface area (Å²) in [5, 5.41) is 0. The maximum Gasteiger partial charge on any atom is 0.119 e. The van der Waals surface area contributed by atoms with E-state index in [9.17, 15) is 0 Å². The predicted octanol–water partition coefficient (Wildman–Crippen LogP) is 1.19. The first-order valence-corrected chi connectivity index (χ1v) is 4.84. The van der Waals surface area contributed by atoms with E-state index in [4.69, 9.17) is 16.2 Å². The molecule has 1 aliphatic carbocycles. The van der Waals surface area contributed by atoms with Crippen LogP contribution < -0.4 is 16.2 Å². The molecule has 0 saturated heterocycles. The molecule has 0 heterocycles. The second-order valence-corrected chi connectivity index (χ2v) is 3.99. The molecule has 3 heteroatoms. The minimum atomic E-state index is -0.174. The monoisotopic (exact) mass is 192 g/mol. The molecule has 1 aromatic rings. The molecule has 0 aliphatic heterocycles. The van der Waals surface area contributed by atoms with Crippen LogP contribution in [0.25, 0.3) is 0 Å². The number of hydrogen-bond acceptors (Lipinski definition) is 3. The zero-order chi connectivity index (χ0) is 10.2. The van der Waals surface area contributed by atoms with E-state index in [1.807, 2.05) is 24.3 Å². The van der Waals surface area contributed by atoms with Gasteiger partial charge in [0.1, 0.15) is 5.75 Å². The molecule has 1 aliphatic rings. The molecular weight excluding hydrogens is 176 g/mol. The number of ether oxygens (including phenoxy) is 1. The molecule has 4 N–H and O–H groups in total. The van der Waals surface area contributed by atoms with Gasteiger partial charge in [-0.05, 0) is 30.5 Å². The minimum absolute atomic E-state index is 0.0717. The van der Waals surface area contributed by atoms with Crippen molar-refractivity contribution in [2.45, 2.75) is 24.4 Å². The lowest BCUT2D eigenvalue weighted by Gasteiger charge is -2.19. The highest BCUT2D eigenvalue weighted by Gasteiger charge is 2.44. The van der Waals surface area contributed by atoms with Gasteiger partial charge < -0.3 is 16.2 Å². The highest BCUT2D eigenvalue weighted by molar-refractivity contribution is 5.33. The fourth-order valence-electron chi connectivity index (χ4n) is 1.62. The van der Waals surface area contributed by atoms with Crippen molar-refractivity contribution in [3.63, 3.8) is 0 Å². The molecule has 1 aromatic carbocycles. The lowest BCUT2D eigenvalue weighted by atomic mass is 9.99. The Morgan fingerprint density at radius 2 is 2.14 bits per heavy atom. The number of nitrogens with two attached hydrogens (primary N) is 2. The second kappa shape index (κ2) is 3.26. The average molecular weight is 192 g/mol. The normalized spacial score (nSPS) is 20.2. The van der Waals surface area contributed by atoms with Crippen LogP contribution in [-0.2, 0) is 0 Å². The van der Waals surface area contributed by atoms with Crippen LogP contribution in [0.3, 0.4) is 0 Å². The molecule has 3 nitrogen and oxygen atoms in total. The molecule has 0 radical (unpaired) electrons. The van der Waals surface area contributed by atoms with Crippen molar-refractivity contribution in [2.75, 3.05) is 7.11 Å². The largest absolute Gasteiger partial charge is 0.497 e. The molecule has 0 bridgehead atoms. The second-order valence-electron chi connectivity index (χ2n) is 3.99. The summed E-state index contributed by atoms with van der Waals surface area (Å²) in [6.45, 7) is 0. The van der Waals surface area contributed by atoms with E-state index >= 15 is 0 Å². The summed E-state index contributed by atoms with van der Waals surface area (Å²) < 4.78 is 5.14. The van der Waals surface area contributed by atoms with Gasteiger partial charge >= 0.3 is 0 Å². The zero-order valence-corrected chi connectivity index (χ0v) is 8.36. The van der Waals surface area contributed by atoms with E-state index in [1.54, 1.807) is 7.11 Å². The van der Waals surface area contributed by atoms with Crippen LogP contribution >= 0.6 is 0 Å². The average Bonchev–Trinajstić information content (AvgIpc) is 2.97. The molecule has 0 spiro atoms. The van der Waals surface area contributed by atoms with Crippen molar-refractivity contribution in [1.29, 1.82) is 0 Å². The van der Waals surface area contributed by atoms with Gasteiger partial charge in [-0.25, -0.2) is 0 Å². The molecular formula is C11H16N2O. The van der Waals surface area contributed by atoms with Gasteiger partial charge in [0.05, 0.1) is 7.11 Å². The topological polar surface area (TPSA) is 61.3 Å². The summed E-state index contributed by atoms with van der Waals surface area (Å²) in [6.07, 6.45) is 2.04. The Balaban J connectivity index is 2.23. The van der Waals surface area contributed by atoms with Crippen LogP contribution in [-0.4, -0.2) is 12.6 Å². The van der Waals surface area contributed by atoms with Crippen molar-refractivity contribution in [1.82, 2.24) is 0 Å². The van der Waals surface area contributed by atoms with Crippen molar-refractivity contribution >= 4 is 0 Å². The number of hydrogen-bond donors (Lipinski definition) is 2. The first kappa shape index (κ1) is 9.49. The van der Waals surface area contributed by atoms with Gasteiger partial charge in [0.2, 0.25) is 0 Å². The minimum Gasteiger partial charge on any atom is -0.497 e. The Morgan fingerprint density at radius 3 is 2.71 bits per heavy atom. The number of methoxy groups -OCH3 is 1. The van der Waals surface area contributed by atoms with Crippen LogP contribution in [0.5, 0.6) is 5.75 Å². The summed E-state index contributed by atoms with van der Waals surface area (Å²) >= 11 is 0. The molecule has 1 atom stereocenters. The van der Waals surface area contributed by atoms with Crippen LogP contribution in [0, 0.1) is 0 Å². The zero-order valence-electron chi connectivity index (χ0n) is 8.36. The van der Waals surface area contributed by atoms with Crippen molar-refractivity contribution < 1.29 is 4.74 Å². The summed E-state index contributed by atoms with van der Waals surface area (Å²) in [6, 6.07) is 7.74. The number of benzene rings is 1. The smallest absolute Gasteiger partial charge is 0.119 e. The summed E-state index contributed by atoms with van der Waals surface area (Å²) in [5.41, 5.74) is 13.0. The van der Waals surface area contributed by atoms with Crippen LogP contribution in [0.4, 0.5) is 0 Å². The van der Waals surface area contributed by atoms with Crippen molar-refractivity contribution in [2.24, 2.45) is 11.5 Å². The quantitative estimate of drug-likeness (QED) is 0.756. The van der Waals surface area contributed by atoms with Crippen molar-refractivity contribution in [3.8, 4) is 5.75 Å². The highest BCUT2D eigenvalue weighted by atomic mass is 16.5. The molecule has 14 heavy (non-hydrogen) atoms. The fraction of sp³-hybridized carbons (Fsp3) is 0.455. The Morgan fingerprint density at radius 1 is 1.43 bits per heavy atom. The van der Waals surface area contributed by atoms with Crippen LogP contribution in [0.15, 0.2) is 24.3 Å². The van der Waals surface area contributed by atoms with Crippen LogP contribution in [0.2, 0.25) is 0 Å². The molecule has 2 rings (SSSR count). The van der Waals surface area contributed by atoms with Gasteiger partial charge in [0.25, 0.3) is 0 Å². The third-order valence-electron chi connectivity index (χ3n) is 2.90. The van der Waals surface area contributed by atoms with Gasteiger partial charge in [-0.2, -0.15) is 0 Å².